The van der Waals surface area contributed by atoms with Crippen molar-refractivity contribution in [3.05, 3.63) is 83.9 Å². The van der Waals surface area contributed by atoms with Gasteiger partial charge in [0.05, 0.1) is 0 Å². The summed E-state index contributed by atoms with van der Waals surface area (Å²) in [5.74, 6) is 1.65. The van der Waals surface area contributed by atoms with Crippen LogP contribution in [0, 0.1) is 6.92 Å². The molecule has 0 aromatic heterocycles. The average Bonchev–Trinajstić information content (AvgIpc) is 2.83. The molecule has 0 heterocycles. The van der Waals surface area contributed by atoms with Gasteiger partial charge < -0.3 is 20.7 Å². The van der Waals surface area contributed by atoms with Crippen molar-refractivity contribution in [2.45, 2.75) is 27.7 Å². The molecule has 1 amide bonds. The normalized spacial score (nSPS) is 9.36. The van der Waals surface area contributed by atoms with E-state index in [2.05, 4.69) is 12.2 Å². The van der Waals surface area contributed by atoms with Crippen LogP contribution in [0.1, 0.15) is 36.7 Å². The van der Waals surface area contributed by atoms with Gasteiger partial charge in [-0.25, -0.2) is 0 Å². The lowest BCUT2D eigenvalue weighted by molar-refractivity contribution is -0.127. The molecule has 0 saturated carbocycles. The van der Waals surface area contributed by atoms with Crippen molar-refractivity contribution in [2.24, 2.45) is 0 Å². The molecule has 0 aliphatic carbocycles. The summed E-state index contributed by atoms with van der Waals surface area (Å²) in [6.45, 7) is 9.35. The molecule has 0 aliphatic rings. The highest BCUT2D eigenvalue weighted by molar-refractivity contribution is 5.74. The lowest BCUT2D eigenvalue weighted by Crippen LogP contribution is -2.22. The quantitative estimate of drug-likeness (QED) is 0.368. The van der Waals surface area contributed by atoms with Crippen molar-refractivity contribution in [1.29, 1.82) is 0 Å². The summed E-state index contributed by atoms with van der Waals surface area (Å²) in [7, 11) is 1.78. The van der Waals surface area contributed by atoms with E-state index < -0.39 is 0 Å². The smallest absolute Gasteiger partial charge is 0.219 e. The Morgan fingerprint density at radius 2 is 1.45 bits per heavy atom. The number of hydrogen-bond acceptors (Lipinski definition) is 5. The average molecular weight is 450 g/mol. The van der Waals surface area contributed by atoms with Gasteiger partial charge in [-0.3, -0.25) is 9.59 Å². The number of rotatable bonds is 6. The molecule has 0 bridgehead atoms. The summed E-state index contributed by atoms with van der Waals surface area (Å²) in [6, 6.07) is 22.6. The molecule has 0 unspecified atom stereocenters. The summed E-state index contributed by atoms with van der Waals surface area (Å²) in [4.78, 5) is 22.4. The van der Waals surface area contributed by atoms with E-state index in [9.17, 15) is 9.59 Å². The van der Waals surface area contributed by atoms with E-state index in [0.717, 1.165) is 42.2 Å². The summed E-state index contributed by atoms with van der Waals surface area (Å²) in [5.41, 5.74) is 9.27. The zero-order chi connectivity index (χ0) is 24.6. The molecule has 6 heteroatoms. The minimum atomic E-state index is 0.127. The van der Waals surface area contributed by atoms with Gasteiger partial charge in [0.25, 0.3) is 0 Å². The van der Waals surface area contributed by atoms with E-state index >= 15 is 0 Å². The van der Waals surface area contributed by atoms with E-state index in [4.69, 9.17) is 10.5 Å². The summed E-state index contributed by atoms with van der Waals surface area (Å²) in [6.07, 6.45) is 0.815. The Balaban J connectivity index is 0.000000275. The van der Waals surface area contributed by atoms with Crippen molar-refractivity contribution in [3.63, 3.8) is 0 Å². The van der Waals surface area contributed by atoms with Crippen molar-refractivity contribution in [1.82, 2.24) is 4.90 Å². The Morgan fingerprint density at radius 3 is 1.85 bits per heavy atom. The van der Waals surface area contributed by atoms with E-state index in [1.807, 2.05) is 62.4 Å². The number of amides is 1. The topological polar surface area (TPSA) is 84.7 Å². The van der Waals surface area contributed by atoms with Crippen LogP contribution in [0.3, 0.4) is 0 Å². The number of aryl methyl sites for hydroxylation is 1. The first-order valence-electron chi connectivity index (χ1n) is 10.9. The maximum absolute atomic E-state index is 10.5. The highest BCUT2D eigenvalue weighted by Crippen LogP contribution is 2.21. The van der Waals surface area contributed by atoms with E-state index in [-0.39, 0.29) is 5.91 Å². The highest BCUT2D eigenvalue weighted by Gasteiger charge is 1.97. The fourth-order valence-electron chi connectivity index (χ4n) is 2.38. The Labute approximate surface area is 197 Å². The second-order valence-corrected chi connectivity index (χ2v) is 7.29. The number of anilines is 2. The van der Waals surface area contributed by atoms with E-state index in [0.29, 0.717) is 5.56 Å². The van der Waals surface area contributed by atoms with Gasteiger partial charge >= 0.3 is 0 Å². The van der Waals surface area contributed by atoms with Gasteiger partial charge in [0.1, 0.15) is 17.8 Å². The van der Waals surface area contributed by atoms with Crippen LogP contribution in [0.5, 0.6) is 11.5 Å². The number of carbonyl (C=O) groups is 2. The predicted molar refractivity (Wildman–Crippen MR) is 137 cm³/mol. The van der Waals surface area contributed by atoms with Crippen LogP contribution in [0.15, 0.2) is 72.8 Å². The number of carbonyl (C=O) groups excluding carboxylic acids is 2. The lowest BCUT2D eigenvalue weighted by atomic mass is 10.2. The van der Waals surface area contributed by atoms with Crippen molar-refractivity contribution < 1.29 is 14.3 Å². The van der Waals surface area contributed by atoms with Crippen LogP contribution in [-0.4, -0.2) is 37.2 Å². The zero-order valence-corrected chi connectivity index (χ0v) is 20.2. The number of benzene rings is 3. The fourth-order valence-corrected chi connectivity index (χ4v) is 2.38. The van der Waals surface area contributed by atoms with Gasteiger partial charge in [-0.15, -0.1) is 0 Å². The predicted octanol–water partition coefficient (Wildman–Crippen LogP) is 5.79. The monoisotopic (exact) mass is 449 g/mol. The van der Waals surface area contributed by atoms with Crippen LogP contribution < -0.4 is 15.8 Å². The Bertz CT molecular complexity index is 953. The molecule has 3 rings (SSSR count). The second kappa shape index (κ2) is 15.1. The molecular weight excluding hydrogens is 414 g/mol. The SMILES string of the molecule is CCN(C)C(C)=O.CCNc1ccc(N)cc1.Cc1ccc(Oc2ccc(C=O)cc2)cc1. The molecule has 6 nitrogen and oxygen atoms in total. The fraction of sp³-hybridized carbons (Fsp3) is 0.259. The van der Waals surface area contributed by atoms with Gasteiger partial charge in [0.15, 0.2) is 0 Å². The molecule has 0 fully saturated rings. The third-order valence-electron chi connectivity index (χ3n) is 4.58. The van der Waals surface area contributed by atoms with Crippen LogP contribution in [0.2, 0.25) is 0 Å². The molecule has 176 valence electrons. The minimum Gasteiger partial charge on any atom is -0.457 e. The maximum atomic E-state index is 10.5. The highest BCUT2D eigenvalue weighted by atomic mass is 16.5. The van der Waals surface area contributed by atoms with Crippen molar-refractivity contribution in [2.75, 3.05) is 31.2 Å². The lowest BCUT2D eigenvalue weighted by Gasteiger charge is -2.09. The molecule has 0 spiro atoms. The first-order chi connectivity index (χ1) is 15.8. The van der Waals surface area contributed by atoms with E-state index in [1.165, 1.54) is 5.56 Å². The first kappa shape index (κ1) is 27.2. The second-order valence-electron chi connectivity index (χ2n) is 7.29. The molecular formula is C27H35N3O3. The molecule has 33 heavy (non-hydrogen) atoms. The van der Waals surface area contributed by atoms with Crippen LogP contribution in [0.4, 0.5) is 11.4 Å². The van der Waals surface area contributed by atoms with Gasteiger partial charge in [-0.2, -0.15) is 0 Å². The maximum Gasteiger partial charge on any atom is 0.219 e. The molecule has 3 aromatic carbocycles. The van der Waals surface area contributed by atoms with Crippen LogP contribution in [-0.2, 0) is 4.79 Å². The van der Waals surface area contributed by atoms with E-state index in [1.54, 1.807) is 43.1 Å². The van der Waals surface area contributed by atoms with Crippen LogP contribution >= 0.6 is 0 Å². The number of nitrogens with zero attached hydrogens (tertiary/aromatic N) is 1. The standard InChI is InChI=1S/C14H12O2.C8H12N2.C5H11NO/c1-11-2-6-13(7-3-11)16-14-8-4-12(10-15)5-9-14;1-2-10-8-5-3-7(9)4-6-8;1-4-6(3)5(2)7/h2-10H,1H3;3-6,10H,2,9H2,1H3;4H2,1-3H3. The van der Waals surface area contributed by atoms with Gasteiger partial charge in [-0.1, -0.05) is 17.7 Å². The van der Waals surface area contributed by atoms with Crippen LogP contribution in [0.25, 0.3) is 0 Å². The largest absolute Gasteiger partial charge is 0.457 e. The van der Waals surface area contributed by atoms with Crippen molar-refractivity contribution >= 4 is 23.6 Å². The molecule has 0 saturated heterocycles. The van der Waals surface area contributed by atoms with Gasteiger partial charge in [-0.05, 0) is 81.4 Å². The zero-order valence-electron chi connectivity index (χ0n) is 20.2. The number of aldehydes is 1. The summed E-state index contributed by atoms with van der Waals surface area (Å²) >= 11 is 0. The van der Waals surface area contributed by atoms with Crippen molar-refractivity contribution in [3.8, 4) is 11.5 Å². The first-order valence-corrected chi connectivity index (χ1v) is 10.9. The third-order valence-corrected chi connectivity index (χ3v) is 4.58. The Morgan fingerprint density at radius 1 is 0.939 bits per heavy atom. The Kier molecular flexibility index (Phi) is 12.4. The minimum absolute atomic E-state index is 0.127. The molecule has 0 radical (unpaired) electrons. The number of nitrogens with two attached hydrogens (primary N) is 1. The molecule has 0 atom stereocenters. The Hall–Kier alpha value is -3.80. The summed E-state index contributed by atoms with van der Waals surface area (Å²) in [5, 5.41) is 3.18. The number of ether oxygens (including phenoxy) is 1. The molecule has 3 N–H and O–H groups in total. The third kappa shape index (κ3) is 11.4. The summed E-state index contributed by atoms with van der Waals surface area (Å²) < 4.78 is 5.62. The molecule has 3 aromatic rings. The number of hydrogen-bond donors (Lipinski definition) is 2. The molecule has 0 aliphatic heterocycles. The van der Waals surface area contributed by atoms with Gasteiger partial charge in [0.2, 0.25) is 5.91 Å². The number of nitrogens with one attached hydrogen (secondary N) is 1. The number of nitrogen functional groups attached to an aromatic ring is 1. The van der Waals surface area contributed by atoms with Gasteiger partial charge in [0, 0.05) is 44.0 Å².